The molecule has 0 saturated carbocycles. The van der Waals surface area contributed by atoms with E-state index in [0.717, 1.165) is 29.7 Å². The first-order valence-corrected chi connectivity index (χ1v) is 12.0. The second kappa shape index (κ2) is 10.8. The Labute approximate surface area is 200 Å². The smallest absolute Gasteiger partial charge is 0.314 e. The Hall–Kier alpha value is -2.86. The Morgan fingerprint density at radius 3 is 2.45 bits per heavy atom. The highest BCUT2D eigenvalue weighted by molar-refractivity contribution is 6.31. The number of para-hydroxylation sites is 1. The third-order valence-electron chi connectivity index (χ3n) is 6.05. The molecule has 1 atom stereocenters. The summed E-state index contributed by atoms with van der Waals surface area (Å²) in [5, 5.41) is 4.18. The number of anilines is 1. The topological polar surface area (TPSA) is 67.2 Å². The van der Waals surface area contributed by atoms with Crippen molar-refractivity contribution >= 4 is 34.2 Å². The maximum absolute atomic E-state index is 13.6. The molecular weight excluding hydrogens is 436 g/mol. The van der Waals surface area contributed by atoms with E-state index in [4.69, 9.17) is 16.6 Å². The number of aromatic nitrogens is 2. The molecule has 2 aromatic carbocycles. The summed E-state index contributed by atoms with van der Waals surface area (Å²) < 4.78 is 1.68. The molecule has 3 aromatic rings. The molecule has 176 valence electrons. The number of aryl methyl sites for hydroxylation is 2. The molecule has 3 rings (SSSR count). The van der Waals surface area contributed by atoms with Gasteiger partial charge in [0.25, 0.3) is 5.56 Å². The molecule has 0 aliphatic rings. The van der Waals surface area contributed by atoms with Crippen LogP contribution in [0.2, 0.25) is 5.02 Å². The normalized spacial score (nSPS) is 12.1. The van der Waals surface area contributed by atoms with Gasteiger partial charge in [-0.2, -0.15) is 0 Å². The van der Waals surface area contributed by atoms with Gasteiger partial charge in [0.05, 0.1) is 16.9 Å². The second-order valence-electron chi connectivity index (χ2n) is 8.35. The number of hydrogen-bond donors (Lipinski definition) is 1. The predicted molar refractivity (Wildman–Crippen MR) is 136 cm³/mol. The van der Waals surface area contributed by atoms with Gasteiger partial charge in [0.15, 0.2) is 0 Å². The fourth-order valence-corrected chi connectivity index (χ4v) is 4.40. The lowest BCUT2D eigenvalue weighted by Crippen LogP contribution is -2.41. The summed E-state index contributed by atoms with van der Waals surface area (Å²) in [7, 11) is 0. The van der Waals surface area contributed by atoms with Gasteiger partial charge in [-0.05, 0) is 62.9 Å². The van der Waals surface area contributed by atoms with Crippen LogP contribution < -0.4 is 10.9 Å². The van der Waals surface area contributed by atoms with Gasteiger partial charge in [0.1, 0.15) is 5.82 Å². The van der Waals surface area contributed by atoms with Crippen LogP contribution in [0.1, 0.15) is 63.0 Å². The minimum atomic E-state index is -0.350. The van der Waals surface area contributed by atoms with Crippen LogP contribution in [0.15, 0.2) is 41.2 Å². The fourth-order valence-electron chi connectivity index (χ4n) is 4.23. The molecule has 6 nitrogen and oxygen atoms in total. The average molecular weight is 469 g/mol. The number of benzene rings is 2. The first-order valence-electron chi connectivity index (χ1n) is 11.7. The lowest BCUT2D eigenvalue weighted by Gasteiger charge is -2.32. The van der Waals surface area contributed by atoms with Crippen LogP contribution in [0.3, 0.4) is 0 Å². The van der Waals surface area contributed by atoms with E-state index in [0.29, 0.717) is 41.3 Å². The van der Waals surface area contributed by atoms with Crippen molar-refractivity contribution in [1.29, 1.82) is 0 Å². The Bertz CT molecular complexity index is 1180. The van der Waals surface area contributed by atoms with Crippen molar-refractivity contribution in [2.75, 3.05) is 11.9 Å². The van der Waals surface area contributed by atoms with Crippen LogP contribution in [0, 0.1) is 13.8 Å². The number of urea groups is 1. The lowest BCUT2D eigenvalue weighted by atomic mass is 10.1. The average Bonchev–Trinajstić information content (AvgIpc) is 2.78. The van der Waals surface area contributed by atoms with Gasteiger partial charge in [-0.25, -0.2) is 9.78 Å². The van der Waals surface area contributed by atoms with Crippen LogP contribution in [0.25, 0.3) is 10.9 Å². The van der Waals surface area contributed by atoms with E-state index in [1.54, 1.807) is 22.8 Å². The van der Waals surface area contributed by atoms with Gasteiger partial charge in [0.2, 0.25) is 0 Å². The molecule has 0 fully saturated rings. The summed E-state index contributed by atoms with van der Waals surface area (Å²) in [6.45, 7) is 11.0. The summed E-state index contributed by atoms with van der Waals surface area (Å²) in [6, 6.07) is 10.5. The quantitative estimate of drug-likeness (QED) is 0.411. The van der Waals surface area contributed by atoms with Crippen molar-refractivity contribution in [2.24, 2.45) is 0 Å². The first kappa shape index (κ1) is 24.8. The van der Waals surface area contributed by atoms with Crippen molar-refractivity contribution < 1.29 is 4.79 Å². The number of amides is 2. The third-order valence-corrected chi connectivity index (χ3v) is 6.29. The number of carbonyl (C=O) groups is 1. The molecule has 0 spiro atoms. The number of nitrogens with one attached hydrogen (secondary N) is 1. The van der Waals surface area contributed by atoms with Crippen molar-refractivity contribution in [3.63, 3.8) is 0 Å². The van der Waals surface area contributed by atoms with Crippen molar-refractivity contribution in [3.8, 4) is 0 Å². The molecule has 0 aliphatic carbocycles. The number of nitrogens with zero attached hydrogens (tertiary/aromatic N) is 3. The van der Waals surface area contributed by atoms with Gasteiger partial charge in [-0.15, -0.1) is 0 Å². The standard InChI is InChI=1S/C26H33ClN4O2/c1-6-9-15-31(26(33)29-23-17(4)11-10-12-18(23)5)22(7-2)24-28-21-16-19(27)13-14-20(21)25(32)30(24)8-3/h10-14,16,22H,6-9,15H2,1-5H3,(H,29,33). The number of halogens is 1. The molecule has 0 aliphatic heterocycles. The van der Waals surface area contributed by atoms with E-state index >= 15 is 0 Å². The van der Waals surface area contributed by atoms with E-state index < -0.39 is 0 Å². The van der Waals surface area contributed by atoms with E-state index in [1.807, 2.05) is 50.8 Å². The molecule has 1 N–H and O–H groups in total. The minimum absolute atomic E-state index is 0.113. The number of hydrogen-bond acceptors (Lipinski definition) is 3. The Kier molecular flexibility index (Phi) is 8.14. The SMILES string of the molecule is CCCCN(C(=O)Nc1c(C)cccc1C)C(CC)c1nc2cc(Cl)ccc2c(=O)n1CC. The monoisotopic (exact) mass is 468 g/mol. The highest BCUT2D eigenvalue weighted by atomic mass is 35.5. The maximum atomic E-state index is 13.6. The molecular formula is C26H33ClN4O2. The second-order valence-corrected chi connectivity index (χ2v) is 8.79. The van der Waals surface area contributed by atoms with Gasteiger partial charge in [-0.1, -0.05) is 50.1 Å². The zero-order valence-corrected chi connectivity index (χ0v) is 20.9. The number of fused-ring (bicyclic) bond motifs is 1. The molecule has 33 heavy (non-hydrogen) atoms. The van der Waals surface area contributed by atoms with Gasteiger partial charge >= 0.3 is 6.03 Å². The van der Waals surface area contributed by atoms with Crippen LogP contribution >= 0.6 is 11.6 Å². The molecule has 1 heterocycles. The lowest BCUT2D eigenvalue weighted by molar-refractivity contribution is 0.178. The largest absolute Gasteiger partial charge is 0.322 e. The van der Waals surface area contributed by atoms with Crippen LogP contribution in [0.5, 0.6) is 0 Å². The first-order chi connectivity index (χ1) is 15.8. The predicted octanol–water partition coefficient (Wildman–Crippen LogP) is 6.47. The van der Waals surface area contributed by atoms with Crippen molar-refractivity contribution in [3.05, 3.63) is 68.7 Å². The zero-order valence-electron chi connectivity index (χ0n) is 20.1. The van der Waals surface area contributed by atoms with Crippen molar-refractivity contribution in [2.45, 2.75) is 66.5 Å². The maximum Gasteiger partial charge on any atom is 0.322 e. The minimum Gasteiger partial charge on any atom is -0.314 e. The highest BCUT2D eigenvalue weighted by Crippen LogP contribution is 2.27. The molecule has 0 radical (unpaired) electrons. The highest BCUT2D eigenvalue weighted by Gasteiger charge is 2.28. The van der Waals surface area contributed by atoms with Crippen LogP contribution in [-0.2, 0) is 6.54 Å². The van der Waals surface area contributed by atoms with Gasteiger partial charge in [-0.3, -0.25) is 9.36 Å². The van der Waals surface area contributed by atoms with E-state index in [-0.39, 0.29) is 17.6 Å². The van der Waals surface area contributed by atoms with Crippen LogP contribution in [0.4, 0.5) is 10.5 Å². The zero-order chi connectivity index (χ0) is 24.1. The van der Waals surface area contributed by atoms with Gasteiger partial charge in [0, 0.05) is 23.8 Å². The Morgan fingerprint density at radius 2 is 1.85 bits per heavy atom. The van der Waals surface area contributed by atoms with Crippen molar-refractivity contribution in [1.82, 2.24) is 14.5 Å². The number of unbranched alkanes of at least 4 members (excludes halogenated alkanes) is 1. The van der Waals surface area contributed by atoms with E-state index in [2.05, 4.69) is 12.2 Å². The summed E-state index contributed by atoms with van der Waals surface area (Å²) in [6.07, 6.45) is 2.43. The molecule has 1 aromatic heterocycles. The third kappa shape index (κ3) is 5.22. The Balaban J connectivity index is 2.10. The summed E-state index contributed by atoms with van der Waals surface area (Å²) in [4.78, 5) is 33.5. The van der Waals surface area contributed by atoms with Gasteiger partial charge < -0.3 is 10.2 Å². The molecule has 7 heteroatoms. The summed E-state index contributed by atoms with van der Waals surface area (Å²) >= 11 is 6.19. The molecule has 0 bridgehead atoms. The fraction of sp³-hybridized carbons (Fsp3) is 0.423. The van der Waals surface area contributed by atoms with E-state index in [1.165, 1.54) is 0 Å². The Morgan fingerprint density at radius 1 is 1.15 bits per heavy atom. The van der Waals surface area contributed by atoms with E-state index in [9.17, 15) is 9.59 Å². The molecule has 0 saturated heterocycles. The number of carbonyl (C=O) groups excluding carboxylic acids is 1. The summed E-state index contributed by atoms with van der Waals surface area (Å²) in [5.74, 6) is 0.590. The molecule has 1 unspecified atom stereocenters. The molecule has 2 amide bonds. The van der Waals surface area contributed by atoms with Crippen LogP contribution in [-0.4, -0.2) is 27.0 Å². The summed E-state index contributed by atoms with van der Waals surface area (Å²) in [5.41, 5.74) is 3.28. The number of rotatable bonds is 8.